The van der Waals surface area contributed by atoms with Gasteiger partial charge in [-0.05, 0) is 45.7 Å². The Labute approximate surface area is 168 Å². The summed E-state index contributed by atoms with van der Waals surface area (Å²) in [6.45, 7) is 14.1. The SMILES string of the molecule is CC(C)n1cncc1-c1ccc(CN2CCN(C(=O)OC(C)(C)C)CC2)cc1. The van der Waals surface area contributed by atoms with Gasteiger partial charge in [0.15, 0.2) is 0 Å². The van der Waals surface area contributed by atoms with Crippen LogP contribution in [0.1, 0.15) is 46.2 Å². The number of piperazine rings is 1. The van der Waals surface area contributed by atoms with Crippen molar-refractivity contribution in [3.63, 3.8) is 0 Å². The third kappa shape index (κ3) is 5.13. The van der Waals surface area contributed by atoms with Gasteiger partial charge in [0, 0.05) is 38.8 Å². The van der Waals surface area contributed by atoms with Gasteiger partial charge in [0.2, 0.25) is 0 Å². The van der Waals surface area contributed by atoms with Gasteiger partial charge in [0.25, 0.3) is 0 Å². The number of benzene rings is 1. The van der Waals surface area contributed by atoms with Crippen molar-refractivity contribution in [2.75, 3.05) is 26.2 Å². The lowest BCUT2D eigenvalue weighted by Gasteiger charge is -2.35. The molecule has 0 aliphatic carbocycles. The molecule has 0 unspecified atom stereocenters. The number of amides is 1. The van der Waals surface area contributed by atoms with E-state index in [0.717, 1.165) is 25.3 Å². The van der Waals surface area contributed by atoms with Gasteiger partial charge < -0.3 is 14.2 Å². The molecule has 0 atom stereocenters. The quantitative estimate of drug-likeness (QED) is 0.793. The summed E-state index contributed by atoms with van der Waals surface area (Å²) in [5.74, 6) is 0. The molecule has 0 spiro atoms. The number of ether oxygens (including phenoxy) is 1. The lowest BCUT2D eigenvalue weighted by Crippen LogP contribution is -2.49. The molecule has 6 heteroatoms. The van der Waals surface area contributed by atoms with Crippen LogP contribution in [0.15, 0.2) is 36.8 Å². The average molecular weight is 385 g/mol. The van der Waals surface area contributed by atoms with Crippen LogP contribution in [-0.4, -0.2) is 57.2 Å². The largest absolute Gasteiger partial charge is 0.444 e. The molecular weight excluding hydrogens is 352 g/mol. The first-order valence-corrected chi connectivity index (χ1v) is 10.0. The zero-order valence-electron chi connectivity index (χ0n) is 17.7. The van der Waals surface area contributed by atoms with Crippen LogP contribution in [0, 0.1) is 0 Å². The minimum atomic E-state index is -0.444. The highest BCUT2D eigenvalue weighted by Crippen LogP contribution is 2.23. The van der Waals surface area contributed by atoms with Crippen LogP contribution in [0.2, 0.25) is 0 Å². The van der Waals surface area contributed by atoms with E-state index in [-0.39, 0.29) is 6.09 Å². The normalized spacial score (nSPS) is 15.9. The summed E-state index contributed by atoms with van der Waals surface area (Å²) in [4.78, 5) is 20.7. The molecule has 1 aromatic carbocycles. The van der Waals surface area contributed by atoms with Gasteiger partial charge >= 0.3 is 6.09 Å². The second kappa shape index (κ2) is 8.35. The smallest absolute Gasteiger partial charge is 0.410 e. The molecule has 6 nitrogen and oxygen atoms in total. The van der Waals surface area contributed by atoms with E-state index in [4.69, 9.17) is 4.74 Å². The zero-order chi connectivity index (χ0) is 20.3. The fourth-order valence-electron chi connectivity index (χ4n) is 3.39. The predicted octanol–water partition coefficient (Wildman–Crippen LogP) is 4.18. The van der Waals surface area contributed by atoms with Crippen molar-refractivity contribution in [1.29, 1.82) is 0 Å². The van der Waals surface area contributed by atoms with Crippen molar-refractivity contribution in [2.45, 2.75) is 52.8 Å². The van der Waals surface area contributed by atoms with E-state index in [1.54, 1.807) is 4.90 Å². The van der Waals surface area contributed by atoms with Crippen molar-refractivity contribution < 1.29 is 9.53 Å². The highest BCUT2D eigenvalue weighted by Gasteiger charge is 2.25. The van der Waals surface area contributed by atoms with Crippen LogP contribution in [0.25, 0.3) is 11.3 Å². The third-order valence-electron chi connectivity index (χ3n) is 4.90. The first kappa shape index (κ1) is 20.4. The van der Waals surface area contributed by atoms with Crippen molar-refractivity contribution in [2.24, 2.45) is 0 Å². The molecule has 0 bridgehead atoms. The lowest BCUT2D eigenvalue weighted by atomic mass is 10.1. The summed E-state index contributed by atoms with van der Waals surface area (Å²) in [5.41, 5.74) is 3.17. The Morgan fingerprint density at radius 2 is 1.75 bits per heavy atom. The van der Waals surface area contributed by atoms with E-state index < -0.39 is 5.60 Å². The van der Waals surface area contributed by atoms with Crippen molar-refractivity contribution in [3.05, 3.63) is 42.4 Å². The number of aromatic nitrogens is 2. The van der Waals surface area contributed by atoms with Crippen LogP contribution in [0.3, 0.4) is 0 Å². The molecule has 0 saturated carbocycles. The summed E-state index contributed by atoms with van der Waals surface area (Å²) in [7, 11) is 0. The molecular formula is C22H32N4O2. The highest BCUT2D eigenvalue weighted by molar-refractivity contribution is 5.68. The number of rotatable bonds is 4. The molecule has 0 N–H and O–H groups in total. The van der Waals surface area contributed by atoms with E-state index >= 15 is 0 Å². The molecule has 1 aliphatic rings. The maximum absolute atomic E-state index is 12.2. The van der Waals surface area contributed by atoms with Gasteiger partial charge in [0.1, 0.15) is 5.60 Å². The van der Waals surface area contributed by atoms with E-state index in [0.29, 0.717) is 19.1 Å². The molecule has 152 valence electrons. The topological polar surface area (TPSA) is 50.6 Å². The van der Waals surface area contributed by atoms with Gasteiger partial charge in [0.05, 0.1) is 18.2 Å². The molecule has 1 saturated heterocycles. The van der Waals surface area contributed by atoms with Gasteiger partial charge in [-0.3, -0.25) is 4.90 Å². The maximum Gasteiger partial charge on any atom is 0.410 e. The zero-order valence-corrected chi connectivity index (χ0v) is 17.7. The standard InChI is InChI=1S/C22H32N4O2/c1-17(2)26-16-23-14-20(26)19-8-6-18(7-9-19)15-24-10-12-25(13-11-24)21(27)28-22(3,4)5/h6-9,14,16-17H,10-13,15H2,1-5H3. The summed E-state index contributed by atoms with van der Waals surface area (Å²) in [6.07, 6.45) is 3.60. The highest BCUT2D eigenvalue weighted by atomic mass is 16.6. The molecule has 0 radical (unpaired) electrons. The summed E-state index contributed by atoms with van der Waals surface area (Å²) < 4.78 is 7.65. The Kier molecular flexibility index (Phi) is 6.08. The summed E-state index contributed by atoms with van der Waals surface area (Å²) >= 11 is 0. The average Bonchev–Trinajstić information content (AvgIpc) is 3.11. The Morgan fingerprint density at radius 3 is 2.32 bits per heavy atom. The second-order valence-electron chi connectivity index (χ2n) is 8.72. The Hall–Kier alpha value is -2.34. The van der Waals surface area contributed by atoms with Crippen molar-refractivity contribution in [1.82, 2.24) is 19.4 Å². The number of imidazole rings is 1. The van der Waals surface area contributed by atoms with Crippen LogP contribution in [0.5, 0.6) is 0 Å². The Balaban J connectivity index is 1.54. The minimum Gasteiger partial charge on any atom is -0.444 e. The number of carbonyl (C=O) groups is 1. The van der Waals surface area contributed by atoms with E-state index in [2.05, 4.69) is 52.6 Å². The van der Waals surface area contributed by atoms with Gasteiger partial charge in [-0.15, -0.1) is 0 Å². The van der Waals surface area contributed by atoms with Gasteiger partial charge in [-0.1, -0.05) is 24.3 Å². The molecule has 3 rings (SSSR count). The molecule has 28 heavy (non-hydrogen) atoms. The van der Waals surface area contributed by atoms with Crippen molar-refractivity contribution in [3.8, 4) is 11.3 Å². The fourth-order valence-corrected chi connectivity index (χ4v) is 3.39. The molecule has 1 aliphatic heterocycles. The second-order valence-corrected chi connectivity index (χ2v) is 8.72. The van der Waals surface area contributed by atoms with Crippen LogP contribution in [0.4, 0.5) is 4.79 Å². The third-order valence-corrected chi connectivity index (χ3v) is 4.90. The lowest BCUT2D eigenvalue weighted by molar-refractivity contribution is 0.0139. The number of nitrogens with zero attached hydrogens (tertiary/aromatic N) is 4. The maximum atomic E-state index is 12.2. The fraction of sp³-hybridized carbons (Fsp3) is 0.545. The van der Waals surface area contributed by atoms with Crippen LogP contribution in [-0.2, 0) is 11.3 Å². The molecule has 1 amide bonds. The molecule has 2 heterocycles. The molecule has 1 fully saturated rings. The first-order chi connectivity index (χ1) is 13.2. The summed E-state index contributed by atoms with van der Waals surface area (Å²) in [6, 6.07) is 9.10. The number of hydrogen-bond acceptors (Lipinski definition) is 4. The van der Waals surface area contributed by atoms with Gasteiger partial charge in [-0.25, -0.2) is 9.78 Å². The Morgan fingerprint density at radius 1 is 1.11 bits per heavy atom. The first-order valence-electron chi connectivity index (χ1n) is 10.0. The van der Waals surface area contributed by atoms with Crippen LogP contribution < -0.4 is 0 Å². The van der Waals surface area contributed by atoms with Crippen LogP contribution >= 0.6 is 0 Å². The van der Waals surface area contributed by atoms with Gasteiger partial charge in [-0.2, -0.15) is 0 Å². The van der Waals surface area contributed by atoms with E-state index in [1.807, 2.05) is 33.3 Å². The monoisotopic (exact) mass is 384 g/mol. The van der Waals surface area contributed by atoms with E-state index in [9.17, 15) is 4.79 Å². The predicted molar refractivity (Wildman–Crippen MR) is 111 cm³/mol. The molecule has 1 aromatic heterocycles. The molecule has 2 aromatic rings. The summed E-state index contributed by atoms with van der Waals surface area (Å²) in [5, 5.41) is 0. The number of carbonyl (C=O) groups excluding carboxylic acids is 1. The van der Waals surface area contributed by atoms with E-state index in [1.165, 1.54) is 11.1 Å². The minimum absolute atomic E-state index is 0.210. The Bertz CT molecular complexity index is 782. The van der Waals surface area contributed by atoms with Crippen molar-refractivity contribution >= 4 is 6.09 Å². The number of hydrogen-bond donors (Lipinski definition) is 0.